The van der Waals surface area contributed by atoms with E-state index in [0.29, 0.717) is 30.6 Å². The number of rotatable bonds is 4. The van der Waals surface area contributed by atoms with Crippen LogP contribution in [-0.2, 0) is 19.4 Å². The SMILES string of the molecule is Cc1cccc2[nH]cc(CCNC(=O)c3ccc(F)c4c3CCNC4)c12. The molecule has 0 aliphatic carbocycles. The Morgan fingerprint density at radius 2 is 2.12 bits per heavy atom. The monoisotopic (exact) mass is 351 g/mol. The highest BCUT2D eigenvalue weighted by atomic mass is 19.1. The summed E-state index contributed by atoms with van der Waals surface area (Å²) in [6, 6.07) is 9.18. The summed E-state index contributed by atoms with van der Waals surface area (Å²) in [5.41, 5.74) is 5.60. The maximum atomic E-state index is 14.0. The van der Waals surface area contributed by atoms with Gasteiger partial charge in [-0.15, -0.1) is 0 Å². The number of nitrogens with one attached hydrogen (secondary N) is 3. The van der Waals surface area contributed by atoms with Crippen molar-refractivity contribution in [1.82, 2.24) is 15.6 Å². The Hall–Kier alpha value is -2.66. The van der Waals surface area contributed by atoms with Crippen molar-refractivity contribution in [2.75, 3.05) is 13.1 Å². The van der Waals surface area contributed by atoms with E-state index in [4.69, 9.17) is 0 Å². The molecule has 0 fully saturated rings. The molecule has 0 spiro atoms. The van der Waals surface area contributed by atoms with E-state index >= 15 is 0 Å². The number of halogens is 1. The van der Waals surface area contributed by atoms with Crippen LogP contribution < -0.4 is 10.6 Å². The molecule has 0 saturated heterocycles. The van der Waals surface area contributed by atoms with Gasteiger partial charge in [0.25, 0.3) is 5.91 Å². The third-order valence-corrected chi connectivity index (χ3v) is 5.15. The van der Waals surface area contributed by atoms with E-state index in [-0.39, 0.29) is 11.7 Å². The van der Waals surface area contributed by atoms with Gasteiger partial charge in [0, 0.05) is 41.3 Å². The summed E-state index contributed by atoms with van der Waals surface area (Å²) in [7, 11) is 0. The van der Waals surface area contributed by atoms with E-state index in [1.807, 2.05) is 12.3 Å². The Balaban J connectivity index is 1.48. The summed E-state index contributed by atoms with van der Waals surface area (Å²) < 4.78 is 14.0. The van der Waals surface area contributed by atoms with Crippen LogP contribution in [0.15, 0.2) is 36.5 Å². The molecule has 1 aliphatic rings. The summed E-state index contributed by atoms with van der Waals surface area (Å²) in [6.07, 6.45) is 3.44. The molecule has 0 bridgehead atoms. The maximum absolute atomic E-state index is 14.0. The molecule has 0 saturated carbocycles. The van der Waals surface area contributed by atoms with Crippen LogP contribution >= 0.6 is 0 Å². The molecule has 0 unspecified atom stereocenters. The van der Waals surface area contributed by atoms with Crippen molar-refractivity contribution in [1.29, 1.82) is 0 Å². The molecule has 1 aromatic heterocycles. The third kappa shape index (κ3) is 2.99. The highest BCUT2D eigenvalue weighted by molar-refractivity contribution is 5.96. The fourth-order valence-electron chi connectivity index (χ4n) is 3.83. The number of hydrogen-bond acceptors (Lipinski definition) is 2. The fourth-order valence-corrected chi connectivity index (χ4v) is 3.83. The fraction of sp³-hybridized carbons (Fsp3) is 0.286. The minimum atomic E-state index is -0.238. The van der Waals surface area contributed by atoms with Crippen LogP contribution in [0.4, 0.5) is 4.39 Å². The lowest BCUT2D eigenvalue weighted by Crippen LogP contribution is -2.31. The largest absolute Gasteiger partial charge is 0.361 e. The second kappa shape index (κ2) is 6.92. The molecule has 134 valence electrons. The van der Waals surface area contributed by atoms with Gasteiger partial charge in [-0.2, -0.15) is 0 Å². The average Bonchev–Trinajstić information content (AvgIpc) is 3.07. The smallest absolute Gasteiger partial charge is 0.251 e. The highest BCUT2D eigenvalue weighted by Gasteiger charge is 2.20. The molecular weight excluding hydrogens is 329 g/mol. The van der Waals surface area contributed by atoms with Crippen molar-refractivity contribution in [2.45, 2.75) is 26.3 Å². The van der Waals surface area contributed by atoms with Gasteiger partial charge in [0.1, 0.15) is 5.82 Å². The van der Waals surface area contributed by atoms with E-state index in [0.717, 1.165) is 24.0 Å². The van der Waals surface area contributed by atoms with Gasteiger partial charge in [-0.1, -0.05) is 12.1 Å². The standard InChI is InChI=1S/C21H22FN3O/c1-13-3-2-4-19-20(13)14(11-25-19)7-10-24-21(26)16-5-6-18(22)17-12-23-9-8-15(16)17/h2-6,11,23,25H,7-10,12H2,1H3,(H,24,26). The van der Waals surface area contributed by atoms with E-state index in [2.05, 4.69) is 34.7 Å². The first kappa shape index (κ1) is 16.8. The zero-order chi connectivity index (χ0) is 18.1. The van der Waals surface area contributed by atoms with Crippen molar-refractivity contribution in [2.24, 2.45) is 0 Å². The number of aromatic amines is 1. The molecule has 4 nitrogen and oxygen atoms in total. The summed E-state index contributed by atoms with van der Waals surface area (Å²) in [4.78, 5) is 15.9. The molecule has 1 aliphatic heterocycles. The van der Waals surface area contributed by atoms with Gasteiger partial charge in [0.05, 0.1) is 0 Å². The summed E-state index contributed by atoms with van der Waals surface area (Å²) in [5.74, 6) is -0.363. The molecule has 2 aromatic carbocycles. The minimum Gasteiger partial charge on any atom is -0.361 e. The summed E-state index contributed by atoms with van der Waals surface area (Å²) in [6.45, 7) is 3.89. The Kier molecular flexibility index (Phi) is 4.47. The van der Waals surface area contributed by atoms with Crippen LogP contribution in [0.25, 0.3) is 10.9 Å². The first-order valence-corrected chi connectivity index (χ1v) is 9.00. The highest BCUT2D eigenvalue weighted by Crippen LogP contribution is 2.23. The quantitative estimate of drug-likeness (QED) is 0.676. The van der Waals surface area contributed by atoms with Crippen molar-refractivity contribution < 1.29 is 9.18 Å². The zero-order valence-corrected chi connectivity index (χ0v) is 14.8. The number of aryl methyl sites for hydroxylation is 1. The second-order valence-electron chi connectivity index (χ2n) is 6.80. The van der Waals surface area contributed by atoms with E-state index in [9.17, 15) is 9.18 Å². The van der Waals surface area contributed by atoms with Gasteiger partial charge in [-0.05, 0) is 61.2 Å². The van der Waals surface area contributed by atoms with Crippen LogP contribution in [0.3, 0.4) is 0 Å². The van der Waals surface area contributed by atoms with Crippen molar-refractivity contribution >= 4 is 16.8 Å². The molecule has 3 N–H and O–H groups in total. The summed E-state index contributed by atoms with van der Waals surface area (Å²) in [5, 5.41) is 7.38. The van der Waals surface area contributed by atoms with Gasteiger partial charge in [0.15, 0.2) is 0 Å². The molecule has 2 heterocycles. The molecule has 4 rings (SSSR count). The molecular formula is C21H22FN3O. The van der Waals surface area contributed by atoms with Gasteiger partial charge < -0.3 is 15.6 Å². The Bertz CT molecular complexity index is 977. The number of carbonyl (C=O) groups excluding carboxylic acids is 1. The Labute approximate surface area is 151 Å². The van der Waals surface area contributed by atoms with E-state index in [1.165, 1.54) is 22.6 Å². The van der Waals surface area contributed by atoms with Gasteiger partial charge >= 0.3 is 0 Å². The number of aromatic nitrogens is 1. The van der Waals surface area contributed by atoms with Gasteiger partial charge in [-0.3, -0.25) is 4.79 Å². The number of hydrogen-bond donors (Lipinski definition) is 3. The number of fused-ring (bicyclic) bond motifs is 2. The van der Waals surface area contributed by atoms with Crippen LogP contribution in [0.2, 0.25) is 0 Å². The topological polar surface area (TPSA) is 56.9 Å². The van der Waals surface area contributed by atoms with Crippen LogP contribution in [0.1, 0.15) is 32.6 Å². The molecule has 3 aromatic rings. The first-order valence-electron chi connectivity index (χ1n) is 9.00. The Morgan fingerprint density at radius 3 is 3.00 bits per heavy atom. The molecule has 1 amide bonds. The predicted octanol–water partition coefficient (Wildman–Crippen LogP) is 3.23. The maximum Gasteiger partial charge on any atom is 0.251 e. The third-order valence-electron chi connectivity index (χ3n) is 5.15. The number of H-pyrrole nitrogens is 1. The van der Waals surface area contributed by atoms with Crippen molar-refractivity contribution in [3.63, 3.8) is 0 Å². The molecule has 0 radical (unpaired) electrons. The van der Waals surface area contributed by atoms with Gasteiger partial charge in [0.2, 0.25) is 0 Å². The zero-order valence-electron chi connectivity index (χ0n) is 14.8. The second-order valence-corrected chi connectivity index (χ2v) is 6.80. The van der Waals surface area contributed by atoms with Crippen LogP contribution in [-0.4, -0.2) is 24.0 Å². The molecule has 5 heteroatoms. The van der Waals surface area contributed by atoms with Crippen LogP contribution in [0.5, 0.6) is 0 Å². The molecule has 26 heavy (non-hydrogen) atoms. The Morgan fingerprint density at radius 1 is 1.23 bits per heavy atom. The number of benzene rings is 2. The minimum absolute atomic E-state index is 0.125. The normalized spacial score (nSPS) is 13.6. The van der Waals surface area contributed by atoms with Crippen LogP contribution in [0, 0.1) is 12.7 Å². The van der Waals surface area contributed by atoms with Crippen molar-refractivity contribution in [3.8, 4) is 0 Å². The first-order chi connectivity index (χ1) is 12.6. The lowest BCUT2D eigenvalue weighted by molar-refractivity contribution is 0.0953. The lowest BCUT2D eigenvalue weighted by Gasteiger charge is -2.20. The van der Waals surface area contributed by atoms with Crippen molar-refractivity contribution in [3.05, 3.63) is 70.2 Å². The predicted molar refractivity (Wildman–Crippen MR) is 101 cm³/mol. The lowest BCUT2D eigenvalue weighted by atomic mass is 9.94. The van der Waals surface area contributed by atoms with E-state index in [1.54, 1.807) is 6.07 Å². The van der Waals surface area contributed by atoms with E-state index < -0.39 is 0 Å². The average molecular weight is 351 g/mol. The molecule has 0 atom stereocenters. The summed E-state index contributed by atoms with van der Waals surface area (Å²) >= 11 is 0. The van der Waals surface area contributed by atoms with Gasteiger partial charge in [-0.25, -0.2) is 4.39 Å². The number of carbonyl (C=O) groups is 1. The number of amides is 1.